The van der Waals surface area contributed by atoms with Gasteiger partial charge in [-0.25, -0.2) is 23.2 Å². The number of fused-ring (bicyclic) bond motifs is 3. The van der Waals surface area contributed by atoms with Crippen LogP contribution in [0.25, 0.3) is 22.0 Å². The van der Waals surface area contributed by atoms with Crippen LogP contribution in [0.4, 0.5) is 4.79 Å². The molecule has 0 radical (unpaired) electrons. The van der Waals surface area contributed by atoms with Crippen molar-refractivity contribution in [2.75, 3.05) is 6.54 Å². The number of carbonyl (C=O) groups excluding carboxylic acids is 3. The summed E-state index contributed by atoms with van der Waals surface area (Å²) < 4.78 is 41.1. The fourth-order valence-corrected chi connectivity index (χ4v) is 12.6. The zero-order valence-corrected chi connectivity index (χ0v) is 39.1. The average Bonchev–Trinajstić information content (AvgIpc) is 4.22. The van der Waals surface area contributed by atoms with Crippen LogP contribution in [0.5, 0.6) is 11.5 Å². The SMILES string of the molecule is CC[C@@H]1C[C@H](C)CC/C=C\[C@@H]2C[C@@]2(C(=O)NS(=O)(=O)C2CC2)NC(=O)[C@@H]2C[C@@H](Oc3cc(-c4ccc(OC(C)C)cc4)nc(-c4nccs4)c3)CN2C(=O)[C@H]1N(C(=O)O)[C@H]1CC2C[C@H]2C1. The Morgan fingerprint density at radius 1 is 1.03 bits per heavy atom. The number of amides is 4. The summed E-state index contributed by atoms with van der Waals surface area (Å²) in [4.78, 5) is 70.4. The first-order valence-corrected chi connectivity index (χ1v) is 25.8. The van der Waals surface area contributed by atoms with Gasteiger partial charge in [-0.3, -0.25) is 24.0 Å². The summed E-state index contributed by atoms with van der Waals surface area (Å²) in [5, 5.41) is 15.9. The fraction of sp³-hybridized carbons (Fsp3) is 0.583. The lowest BCUT2D eigenvalue weighted by molar-refractivity contribution is -0.145. The van der Waals surface area contributed by atoms with Crippen LogP contribution in [0.15, 0.2) is 60.1 Å². The van der Waals surface area contributed by atoms with Crippen LogP contribution < -0.4 is 19.5 Å². The van der Waals surface area contributed by atoms with E-state index in [-0.39, 0.29) is 43.4 Å². The molecular weight excluding hydrogens is 869 g/mol. The molecule has 5 fully saturated rings. The van der Waals surface area contributed by atoms with Crippen molar-refractivity contribution in [1.29, 1.82) is 0 Å². The van der Waals surface area contributed by atoms with Crippen LogP contribution in [0, 0.1) is 29.6 Å². The third-order valence-electron chi connectivity index (χ3n) is 14.3. The molecule has 0 spiro atoms. The molecule has 2 aliphatic heterocycles. The minimum atomic E-state index is -3.94. The van der Waals surface area contributed by atoms with Crippen LogP contribution in [0.2, 0.25) is 0 Å². The molecular formula is C48H60N6O9S2. The Labute approximate surface area is 384 Å². The smallest absolute Gasteiger partial charge is 0.408 e. The summed E-state index contributed by atoms with van der Waals surface area (Å²) in [6.07, 6.45) is 9.91. The second kappa shape index (κ2) is 18.0. The highest BCUT2D eigenvalue weighted by Crippen LogP contribution is 2.54. The zero-order valence-electron chi connectivity index (χ0n) is 37.4. The molecule has 65 heavy (non-hydrogen) atoms. The van der Waals surface area contributed by atoms with Crippen LogP contribution >= 0.6 is 11.3 Å². The number of rotatable bonds is 12. The van der Waals surface area contributed by atoms with Gasteiger partial charge in [-0.05, 0) is 120 Å². The number of hydrogen-bond donors (Lipinski definition) is 3. The normalized spacial score (nSPS) is 31.6. The maximum atomic E-state index is 15.6. The van der Waals surface area contributed by atoms with Gasteiger partial charge in [0.05, 0.1) is 23.6 Å². The molecule has 1 aromatic carbocycles. The van der Waals surface area contributed by atoms with Crippen molar-refractivity contribution >= 4 is 45.2 Å². The van der Waals surface area contributed by atoms with Gasteiger partial charge in [0.1, 0.15) is 45.9 Å². The van der Waals surface area contributed by atoms with Crippen LogP contribution in [-0.4, -0.2) is 105 Å². The van der Waals surface area contributed by atoms with Crippen LogP contribution in [0.3, 0.4) is 0 Å². The Balaban J connectivity index is 1.08. The van der Waals surface area contributed by atoms with Gasteiger partial charge in [0, 0.05) is 47.7 Å². The van der Waals surface area contributed by atoms with Gasteiger partial charge in [-0.15, -0.1) is 11.3 Å². The van der Waals surface area contributed by atoms with E-state index in [2.05, 4.69) is 21.9 Å². The van der Waals surface area contributed by atoms with Crippen LogP contribution in [0.1, 0.15) is 98.3 Å². The van der Waals surface area contributed by atoms with Crippen LogP contribution in [-0.2, 0) is 24.4 Å². The first kappa shape index (κ1) is 45.1. The number of benzene rings is 1. The molecule has 3 aromatic rings. The fourth-order valence-electron chi connectivity index (χ4n) is 10.6. The number of carbonyl (C=O) groups is 4. The van der Waals surface area contributed by atoms with E-state index < -0.39 is 68.7 Å². The van der Waals surface area contributed by atoms with Gasteiger partial charge in [0.15, 0.2) is 0 Å². The topological polar surface area (TPSA) is 197 Å². The molecule has 1 saturated heterocycles. The molecule has 4 heterocycles. The molecule has 6 aliphatic rings. The number of nitrogens with one attached hydrogen (secondary N) is 2. The van der Waals surface area contributed by atoms with Gasteiger partial charge >= 0.3 is 6.09 Å². The first-order valence-electron chi connectivity index (χ1n) is 23.3. The van der Waals surface area contributed by atoms with E-state index in [0.29, 0.717) is 78.9 Å². The maximum Gasteiger partial charge on any atom is 0.408 e. The molecule has 4 amide bonds. The lowest BCUT2D eigenvalue weighted by atomic mass is 9.83. The third kappa shape index (κ3) is 9.63. The summed E-state index contributed by atoms with van der Waals surface area (Å²) in [5.74, 6) is -0.478. The van der Waals surface area contributed by atoms with Crippen molar-refractivity contribution in [3.05, 3.63) is 60.1 Å². The first-order chi connectivity index (χ1) is 31.1. The van der Waals surface area contributed by atoms with E-state index in [1.807, 2.05) is 68.6 Å². The standard InChI is InChI=1S/C48H60N6O9S2/c1-5-29-18-28(4)8-6-7-9-33-25-48(33,46(57)52-65(60,61)38-14-15-38)51-43(55)41-24-37(26-53(41)45(56)42(29)54(47(58)59)34-20-31-19-32(31)21-34)63-36-22-39(50-40(23-36)44-49-16-17-64-44)30-10-12-35(13-11-30)62-27(2)3/h7,9-13,16-17,22-23,27-29,31-34,37-38,41-42H,5-6,8,14-15,18-21,24-26H2,1-4H3,(H,51,55)(H,52,57)(H,58,59)/b9-7-/t28-,29-,31+,32?,33-,34-,37-,41+,42+,48-/m1/s1. The number of hydrogen-bond acceptors (Lipinski definition) is 11. The number of nitrogens with zero attached hydrogens (tertiary/aromatic N) is 4. The molecule has 17 heteroatoms. The van der Waals surface area contributed by atoms with E-state index in [1.165, 1.54) is 21.1 Å². The number of carboxylic acid groups (broad SMARTS) is 1. The Hall–Kier alpha value is -5.03. The van der Waals surface area contributed by atoms with Crippen molar-refractivity contribution in [1.82, 2.24) is 29.8 Å². The minimum Gasteiger partial charge on any atom is -0.491 e. The predicted octanol–water partition coefficient (Wildman–Crippen LogP) is 7.04. The maximum absolute atomic E-state index is 15.6. The van der Waals surface area contributed by atoms with Gasteiger partial charge in [-0.2, -0.15) is 0 Å². The van der Waals surface area contributed by atoms with E-state index in [0.717, 1.165) is 24.2 Å². The number of pyridine rings is 1. The Morgan fingerprint density at radius 2 is 1.77 bits per heavy atom. The summed E-state index contributed by atoms with van der Waals surface area (Å²) in [5.41, 5.74) is 0.445. The van der Waals surface area contributed by atoms with Gasteiger partial charge < -0.3 is 24.8 Å². The highest BCUT2D eigenvalue weighted by molar-refractivity contribution is 7.91. The number of aromatic nitrogens is 2. The van der Waals surface area contributed by atoms with E-state index in [9.17, 15) is 27.9 Å². The highest BCUT2D eigenvalue weighted by atomic mass is 32.2. The second-order valence-electron chi connectivity index (χ2n) is 19.6. The number of ether oxygens (including phenoxy) is 2. The van der Waals surface area contributed by atoms with E-state index in [1.54, 1.807) is 12.3 Å². The molecule has 3 N–H and O–H groups in total. The average molecular weight is 929 g/mol. The van der Waals surface area contributed by atoms with Crippen molar-refractivity contribution in [2.45, 2.75) is 139 Å². The molecule has 2 aromatic heterocycles. The van der Waals surface area contributed by atoms with Crippen molar-refractivity contribution in [3.63, 3.8) is 0 Å². The van der Waals surface area contributed by atoms with E-state index >= 15 is 4.79 Å². The monoisotopic (exact) mass is 928 g/mol. The molecule has 9 rings (SSSR count). The van der Waals surface area contributed by atoms with Gasteiger partial charge in [-0.1, -0.05) is 32.4 Å². The number of thiazole rings is 1. The molecule has 15 nitrogen and oxygen atoms in total. The largest absolute Gasteiger partial charge is 0.491 e. The lowest BCUT2D eigenvalue weighted by Crippen LogP contribution is -2.61. The second-order valence-corrected chi connectivity index (χ2v) is 22.4. The molecule has 1 unspecified atom stereocenters. The lowest BCUT2D eigenvalue weighted by Gasteiger charge is -2.41. The number of allylic oxidation sites excluding steroid dienone is 1. The Kier molecular flexibility index (Phi) is 12.5. The third-order valence-corrected chi connectivity index (χ3v) is 17.0. The summed E-state index contributed by atoms with van der Waals surface area (Å²) in [6, 6.07) is 8.65. The summed E-state index contributed by atoms with van der Waals surface area (Å²) in [6.45, 7) is 8.00. The molecule has 348 valence electrons. The minimum absolute atomic E-state index is 0.00246. The molecule has 10 atom stereocenters. The van der Waals surface area contributed by atoms with Gasteiger partial charge in [0.25, 0.3) is 5.91 Å². The van der Waals surface area contributed by atoms with Crippen molar-refractivity contribution in [3.8, 4) is 33.5 Å². The molecule has 4 saturated carbocycles. The Morgan fingerprint density at radius 3 is 2.43 bits per heavy atom. The zero-order chi connectivity index (χ0) is 45.8. The molecule has 0 bridgehead atoms. The Bertz CT molecular complexity index is 2420. The number of sulfonamides is 1. The van der Waals surface area contributed by atoms with E-state index in [4.69, 9.17) is 14.5 Å². The highest BCUT2D eigenvalue weighted by Gasteiger charge is 2.62. The van der Waals surface area contributed by atoms with Crippen molar-refractivity contribution in [2.24, 2.45) is 29.6 Å². The van der Waals surface area contributed by atoms with Gasteiger partial charge in [0.2, 0.25) is 21.8 Å². The molecule has 4 aliphatic carbocycles. The quantitative estimate of drug-likeness (QED) is 0.158. The summed E-state index contributed by atoms with van der Waals surface area (Å²) in [7, 11) is -3.94. The summed E-state index contributed by atoms with van der Waals surface area (Å²) >= 11 is 1.43. The van der Waals surface area contributed by atoms with Crippen molar-refractivity contribution < 1.29 is 42.2 Å². The predicted molar refractivity (Wildman–Crippen MR) is 244 cm³/mol.